The Morgan fingerprint density at radius 2 is 1.96 bits per heavy atom. The van der Waals surface area contributed by atoms with Gasteiger partial charge in [0.05, 0.1) is 41.0 Å². The summed E-state index contributed by atoms with van der Waals surface area (Å²) in [6.45, 7) is 5.79. The third-order valence-electron chi connectivity index (χ3n) is 4.35. The van der Waals surface area contributed by atoms with Crippen LogP contribution in [0.15, 0.2) is 24.5 Å². The summed E-state index contributed by atoms with van der Waals surface area (Å²) in [5.74, 6) is -0.469. The van der Waals surface area contributed by atoms with Gasteiger partial charge in [-0.1, -0.05) is 0 Å². The van der Waals surface area contributed by atoms with Crippen LogP contribution in [0.1, 0.15) is 35.6 Å². The molecule has 138 valence electrons. The van der Waals surface area contributed by atoms with Gasteiger partial charge in [-0.05, 0) is 32.9 Å². The molecule has 7 heteroatoms. The van der Waals surface area contributed by atoms with Crippen LogP contribution in [0.25, 0.3) is 32.8 Å². The van der Waals surface area contributed by atoms with Crippen LogP contribution in [0.5, 0.6) is 0 Å². The quantitative estimate of drug-likeness (QED) is 0.556. The van der Waals surface area contributed by atoms with Crippen molar-refractivity contribution in [3.63, 3.8) is 0 Å². The number of carbonyl (C=O) groups is 1. The van der Waals surface area contributed by atoms with Gasteiger partial charge in [-0.25, -0.2) is 14.8 Å². The molecule has 0 aliphatic carbocycles. The number of benzene rings is 1. The number of H-pyrrole nitrogens is 1. The number of nitrogens with zero attached hydrogens (tertiary/aromatic N) is 3. The second-order valence-corrected chi connectivity index (χ2v) is 6.77. The van der Waals surface area contributed by atoms with Gasteiger partial charge in [0, 0.05) is 35.3 Å². The molecule has 3 heterocycles. The Kier molecular flexibility index (Phi) is 4.24. The van der Waals surface area contributed by atoms with E-state index in [-0.39, 0.29) is 18.4 Å². The maximum Gasteiger partial charge on any atom is 0.357 e. The molecule has 0 saturated carbocycles. The van der Waals surface area contributed by atoms with E-state index in [0.717, 1.165) is 33.0 Å². The number of aromatic amines is 1. The van der Waals surface area contributed by atoms with Crippen LogP contribution in [0.4, 0.5) is 0 Å². The summed E-state index contributed by atoms with van der Waals surface area (Å²) >= 11 is 0. The number of rotatable bonds is 4. The largest absolute Gasteiger partial charge is 0.458 e. The molecule has 4 rings (SSSR count). The van der Waals surface area contributed by atoms with Crippen LogP contribution >= 0.6 is 0 Å². The molecule has 0 saturated heterocycles. The zero-order valence-electron chi connectivity index (χ0n) is 15.7. The molecule has 3 aromatic heterocycles. The van der Waals surface area contributed by atoms with Crippen molar-refractivity contribution in [3.05, 3.63) is 41.5 Å². The normalized spacial score (nSPS) is 11.7. The van der Waals surface area contributed by atoms with Crippen molar-refractivity contribution in [3.8, 4) is 0 Å². The van der Waals surface area contributed by atoms with Crippen molar-refractivity contribution in [2.24, 2.45) is 0 Å². The molecule has 7 nitrogen and oxygen atoms in total. The number of hydrogen-bond acceptors (Lipinski definition) is 6. The van der Waals surface area contributed by atoms with Gasteiger partial charge in [0.1, 0.15) is 0 Å². The maximum absolute atomic E-state index is 12.6. The summed E-state index contributed by atoms with van der Waals surface area (Å²) in [7, 11) is 1.59. The van der Waals surface area contributed by atoms with E-state index in [2.05, 4.69) is 19.9 Å². The molecular formula is C20H20N4O3. The molecule has 0 unspecified atom stereocenters. The summed E-state index contributed by atoms with van der Waals surface area (Å²) in [4.78, 5) is 29.5. The Hall–Kier alpha value is -3.06. The Morgan fingerprint density at radius 3 is 2.70 bits per heavy atom. The average molecular weight is 364 g/mol. The molecule has 0 atom stereocenters. The van der Waals surface area contributed by atoms with Gasteiger partial charge in [-0.3, -0.25) is 4.98 Å². The van der Waals surface area contributed by atoms with E-state index in [1.54, 1.807) is 19.5 Å². The van der Waals surface area contributed by atoms with Gasteiger partial charge >= 0.3 is 5.97 Å². The van der Waals surface area contributed by atoms with E-state index in [0.29, 0.717) is 11.1 Å². The van der Waals surface area contributed by atoms with E-state index in [4.69, 9.17) is 9.47 Å². The zero-order valence-corrected chi connectivity index (χ0v) is 15.7. The Morgan fingerprint density at radius 1 is 1.15 bits per heavy atom. The van der Waals surface area contributed by atoms with E-state index in [1.807, 2.05) is 32.9 Å². The highest BCUT2D eigenvalue weighted by Crippen LogP contribution is 2.34. The lowest BCUT2D eigenvalue weighted by Gasteiger charge is -2.12. The molecule has 0 bridgehead atoms. The predicted octanol–water partition coefficient (Wildman–Crippen LogP) is 3.68. The fraction of sp³-hybridized carbons (Fsp3) is 0.300. The Labute approximate surface area is 155 Å². The number of carbonyl (C=O) groups excluding carboxylic acids is 1. The Balaban J connectivity index is 2.10. The first kappa shape index (κ1) is 17.4. The van der Waals surface area contributed by atoms with Gasteiger partial charge in [-0.15, -0.1) is 0 Å². The lowest BCUT2D eigenvalue weighted by Crippen LogP contribution is -2.15. The molecule has 1 N–H and O–H groups in total. The standard InChI is InChI=1S/C20H20N4O3/c1-10(2)27-20(25)18-12(9-26-4)16-15(8-22-18)24-13-5-6-14-19(17(13)16)21-7-11(3)23-14/h5-8,10,23H,9H2,1-4H3. The summed E-state index contributed by atoms with van der Waals surface area (Å²) in [6.07, 6.45) is 3.15. The zero-order chi connectivity index (χ0) is 19.1. The van der Waals surface area contributed by atoms with Crippen molar-refractivity contribution in [2.45, 2.75) is 33.5 Å². The third-order valence-corrected chi connectivity index (χ3v) is 4.35. The minimum Gasteiger partial charge on any atom is -0.458 e. The average Bonchev–Trinajstić information content (AvgIpc) is 3.00. The predicted molar refractivity (Wildman–Crippen MR) is 103 cm³/mol. The topological polar surface area (TPSA) is 90.0 Å². The van der Waals surface area contributed by atoms with Gasteiger partial charge in [0.2, 0.25) is 0 Å². The van der Waals surface area contributed by atoms with Crippen molar-refractivity contribution in [1.29, 1.82) is 0 Å². The van der Waals surface area contributed by atoms with Crippen LogP contribution in [-0.2, 0) is 16.1 Å². The van der Waals surface area contributed by atoms with Crippen LogP contribution in [0, 0.1) is 6.92 Å². The molecule has 0 spiro atoms. The Bertz CT molecular complexity index is 1180. The van der Waals surface area contributed by atoms with E-state index < -0.39 is 5.97 Å². The minimum absolute atomic E-state index is 0.222. The molecule has 1 aromatic carbocycles. The van der Waals surface area contributed by atoms with Crippen molar-refractivity contribution < 1.29 is 14.3 Å². The van der Waals surface area contributed by atoms with Crippen LogP contribution < -0.4 is 0 Å². The van der Waals surface area contributed by atoms with Crippen molar-refractivity contribution in [1.82, 2.24) is 19.9 Å². The molecule has 0 aliphatic rings. The molecule has 0 aliphatic heterocycles. The summed E-state index contributed by atoms with van der Waals surface area (Å²) in [5.41, 5.74) is 5.09. The van der Waals surface area contributed by atoms with Crippen molar-refractivity contribution in [2.75, 3.05) is 7.11 Å². The molecule has 4 aromatic rings. The molecule has 27 heavy (non-hydrogen) atoms. The fourth-order valence-electron chi connectivity index (χ4n) is 3.33. The second kappa shape index (κ2) is 6.59. The first-order valence-corrected chi connectivity index (χ1v) is 8.75. The number of esters is 1. The summed E-state index contributed by atoms with van der Waals surface area (Å²) in [6, 6.07) is 3.90. The monoisotopic (exact) mass is 364 g/mol. The first-order chi connectivity index (χ1) is 13.0. The van der Waals surface area contributed by atoms with E-state index >= 15 is 0 Å². The fourth-order valence-corrected chi connectivity index (χ4v) is 3.33. The highest BCUT2D eigenvalue weighted by atomic mass is 16.5. The van der Waals surface area contributed by atoms with Gasteiger partial charge in [-0.2, -0.15) is 0 Å². The molecular weight excluding hydrogens is 344 g/mol. The summed E-state index contributed by atoms with van der Waals surface area (Å²) < 4.78 is 10.7. The number of methoxy groups -OCH3 is 1. The lowest BCUT2D eigenvalue weighted by atomic mass is 10.0. The van der Waals surface area contributed by atoms with Gasteiger partial charge in [0.15, 0.2) is 5.69 Å². The van der Waals surface area contributed by atoms with Gasteiger partial charge < -0.3 is 14.5 Å². The van der Waals surface area contributed by atoms with Crippen molar-refractivity contribution >= 4 is 38.8 Å². The number of aryl methyl sites for hydroxylation is 1. The number of fused-ring (bicyclic) bond motifs is 5. The lowest BCUT2D eigenvalue weighted by molar-refractivity contribution is 0.0366. The SMILES string of the molecule is COCc1c(C(=O)OC(C)C)ncc2nc3ccc4[nH]c(C)cnc4c3c12. The molecule has 0 fully saturated rings. The highest BCUT2D eigenvalue weighted by Gasteiger charge is 2.22. The number of aromatic nitrogens is 4. The van der Waals surface area contributed by atoms with E-state index in [9.17, 15) is 4.79 Å². The smallest absolute Gasteiger partial charge is 0.357 e. The second-order valence-electron chi connectivity index (χ2n) is 6.77. The number of nitrogens with one attached hydrogen (secondary N) is 1. The van der Waals surface area contributed by atoms with E-state index in [1.165, 1.54) is 0 Å². The van der Waals surface area contributed by atoms with Crippen LogP contribution in [-0.4, -0.2) is 39.1 Å². The molecule has 0 radical (unpaired) electrons. The third kappa shape index (κ3) is 2.90. The maximum atomic E-state index is 12.6. The van der Waals surface area contributed by atoms with Crippen LogP contribution in [0.3, 0.4) is 0 Å². The number of hydrogen-bond donors (Lipinski definition) is 1. The highest BCUT2D eigenvalue weighted by molar-refractivity contribution is 6.20. The number of ether oxygens (including phenoxy) is 2. The minimum atomic E-state index is -0.469. The van der Waals surface area contributed by atoms with Gasteiger partial charge in [0.25, 0.3) is 0 Å². The molecule has 0 amide bonds. The summed E-state index contributed by atoms with van der Waals surface area (Å²) in [5, 5.41) is 1.71. The number of pyridine rings is 1. The van der Waals surface area contributed by atoms with Crippen LogP contribution in [0.2, 0.25) is 0 Å². The first-order valence-electron chi connectivity index (χ1n) is 8.75.